The lowest BCUT2D eigenvalue weighted by molar-refractivity contribution is 0.592. The molecule has 0 amide bonds. The second-order valence-electron chi connectivity index (χ2n) is 4.42. The molecule has 92 valence electrons. The first-order valence-corrected chi connectivity index (χ1v) is 6.90. The van der Waals surface area contributed by atoms with Crippen LogP contribution in [0.3, 0.4) is 0 Å². The van der Waals surface area contributed by atoms with E-state index in [4.69, 9.17) is 5.26 Å². The summed E-state index contributed by atoms with van der Waals surface area (Å²) in [6, 6.07) is 10.3. The Morgan fingerprint density at radius 3 is 1.94 bits per heavy atom. The van der Waals surface area contributed by atoms with E-state index in [2.05, 4.69) is 18.2 Å². The number of hydrogen-bond donors (Lipinski definition) is 0. The van der Waals surface area contributed by atoms with E-state index < -0.39 is 0 Å². The molecule has 1 aliphatic carbocycles. The van der Waals surface area contributed by atoms with Gasteiger partial charge in [-0.3, -0.25) is 0 Å². The zero-order chi connectivity index (χ0) is 12.5. The van der Waals surface area contributed by atoms with Crippen LogP contribution in [-0.4, -0.2) is 0 Å². The minimum atomic E-state index is 0.736. The molecule has 0 radical (unpaired) electrons. The Kier molecular flexibility index (Phi) is 6.40. The van der Waals surface area contributed by atoms with Crippen LogP contribution in [0.4, 0.5) is 0 Å². The molecule has 17 heavy (non-hydrogen) atoms. The summed E-state index contributed by atoms with van der Waals surface area (Å²) in [6.07, 6.45) is 8.17. The SMILES string of the molecule is CC.N#Cc1ccc(C2CCCCCC2)cc1. The summed E-state index contributed by atoms with van der Waals surface area (Å²) in [5.74, 6) is 0.736. The van der Waals surface area contributed by atoms with Crippen molar-refractivity contribution in [3.63, 3.8) is 0 Å². The van der Waals surface area contributed by atoms with E-state index in [1.54, 1.807) is 0 Å². The van der Waals surface area contributed by atoms with Crippen molar-refractivity contribution < 1.29 is 0 Å². The van der Waals surface area contributed by atoms with Gasteiger partial charge in [-0.25, -0.2) is 0 Å². The van der Waals surface area contributed by atoms with Gasteiger partial charge >= 0.3 is 0 Å². The van der Waals surface area contributed by atoms with Crippen LogP contribution in [0.25, 0.3) is 0 Å². The summed E-state index contributed by atoms with van der Waals surface area (Å²) < 4.78 is 0. The molecule has 1 aromatic carbocycles. The lowest BCUT2D eigenvalue weighted by Crippen LogP contribution is -1.96. The van der Waals surface area contributed by atoms with Crippen molar-refractivity contribution in [3.8, 4) is 6.07 Å². The van der Waals surface area contributed by atoms with Gasteiger partial charge in [0.25, 0.3) is 0 Å². The largest absolute Gasteiger partial charge is 0.192 e. The molecule has 1 nitrogen and oxygen atoms in total. The highest BCUT2D eigenvalue weighted by molar-refractivity contribution is 5.33. The van der Waals surface area contributed by atoms with Gasteiger partial charge in [0.15, 0.2) is 0 Å². The number of nitriles is 1. The van der Waals surface area contributed by atoms with Gasteiger partial charge in [0.05, 0.1) is 11.6 Å². The summed E-state index contributed by atoms with van der Waals surface area (Å²) >= 11 is 0. The number of benzene rings is 1. The van der Waals surface area contributed by atoms with Gasteiger partial charge < -0.3 is 0 Å². The summed E-state index contributed by atoms with van der Waals surface area (Å²) in [6.45, 7) is 4.00. The third kappa shape index (κ3) is 4.23. The summed E-state index contributed by atoms with van der Waals surface area (Å²) in [4.78, 5) is 0. The minimum Gasteiger partial charge on any atom is -0.192 e. The smallest absolute Gasteiger partial charge is 0.0991 e. The van der Waals surface area contributed by atoms with Crippen molar-refractivity contribution in [3.05, 3.63) is 35.4 Å². The maximum atomic E-state index is 8.73. The molecule has 0 aromatic heterocycles. The van der Waals surface area contributed by atoms with Crippen LogP contribution in [0.2, 0.25) is 0 Å². The molecule has 0 bridgehead atoms. The van der Waals surface area contributed by atoms with Crippen LogP contribution in [0, 0.1) is 11.3 Å². The Morgan fingerprint density at radius 1 is 0.941 bits per heavy atom. The topological polar surface area (TPSA) is 23.8 Å². The van der Waals surface area contributed by atoms with Crippen molar-refractivity contribution >= 4 is 0 Å². The molecule has 0 atom stereocenters. The maximum Gasteiger partial charge on any atom is 0.0991 e. The standard InChI is InChI=1S/C14H17N.C2H6/c15-11-12-7-9-14(10-8-12)13-5-3-1-2-4-6-13;1-2/h7-10,13H,1-6H2;1-2H3. The number of rotatable bonds is 1. The average molecular weight is 229 g/mol. The Hall–Kier alpha value is -1.29. The quantitative estimate of drug-likeness (QED) is 0.620. The van der Waals surface area contributed by atoms with Crippen LogP contribution in [0.1, 0.15) is 69.4 Å². The zero-order valence-electron chi connectivity index (χ0n) is 11.1. The molecule has 2 rings (SSSR count). The van der Waals surface area contributed by atoms with E-state index in [1.807, 2.05) is 26.0 Å². The second-order valence-corrected chi connectivity index (χ2v) is 4.42. The molecular weight excluding hydrogens is 206 g/mol. The van der Waals surface area contributed by atoms with Gasteiger partial charge in [-0.15, -0.1) is 0 Å². The Morgan fingerprint density at radius 2 is 1.47 bits per heavy atom. The lowest BCUT2D eigenvalue weighted by atomic mass is 9.91. The molecule has 0 saturated heterocycles. The van der Waals surface area contributed by atoms with Crippen molar-refractivity contribution in [1.29, 1.82) is 5.26 Å². The molecule has 1 fully saturated rings. The molecule has 1 saturated carbocycles. The van der Waals surface area contributed by atoms with Gasteiger partial charge in [0.2, 0.25) is 0 Å². The van der Waals surface area contributed by atoms with Crippen LogP contribution in [-0.2, 0) is 0 Å². The van der Waals surface area contributed by atoms with Crippen LogP contribution in [0.15, 0.2) is 24.3 Å². The Labute approximate surface area is 105 Å². The van der Waals surface area contributed by atoms with Crippen LogP contribution < -0.4 is 0 Å². The molecule has 1 heteroatoms. The highest BCUT2D eigenvalue weighted by Crippen LogP contribution is 2.31. The summed E-state index contributed by atoms with van der Waals surface area (Å²) in [5, 5.41) is 8.73. The van der Waals surface area contributed by atoms with Crippen molar-refractivity contribution in [1.82, 2.24) is 0 Å². The molecule has 0 heterocycles. The predicted molar refractivity (Wildman–Crippen MR) is 72.9 cm³/mol. The first-order valence-electron chi connectivity index (χ1n) is 6.90. The second kappa shape index (κ2) is 7.90. The molecule has 0 N–H and O–H groups in total. The van der Waals surface area contributed by atoms with Crippen molar-refractivity contribution in [2.24, 2.45) is 0 Å². The molecule has 0 unspecified atom stereocenters. The first kappa shape index (κ1) is 13.8. The fourth-order valence-corrected chi connectivity index (χ4v) is 2.44. The molecule has 1 aromatic rings. The maximum absolute atomic E-state index is 8.73. The van der Waals surface area contributed by atoms with Gasteiger partial charge in [-0.1, -0.05) is 51.7 Å². The van der Waals surface area contributed by atoms with E-state index in [0.29, 0.717) is 0 Å². The van der Waals surface area contributed by atoms with Gasteiger partial charge in [-0.2, -0.15) is 5.26 Å². The van der Waals surface area contributed by atoms with Crippen LogP contribution in [0.5, 0.6) is 0 Å². The zero-order valence-corrected chi connectivity index (χ0v) is 11.1. The fraction of sp³-hybridized carbons (Fsp3) is 0.562. The predicted octanol–water partition coefficient (Wildman–Crippen LogP) is 5.02. The fourth-order valence-electron chi connectivity index (χ4n) is 2.44. The minimum absolute atomic E-state index is 0.736. The van der Waals surface area contributed by atoms with E-state index in [1.165, 1.54) is 44.1 Å². The molecule has 0 aliphatic heterocycles. The van der Waals surface area contributed by atoms with E-state index >= 15 is 0 Å². The van der Waals surface area contributed by atoms with Crippen molar-refractivity contribution in [2.45, 2.75) is 58.3 Å². The third-order valence-electron chi connectivity index (χ3n) is 3.37. The first-order chi connectivity index (χ1) is 8.40. The number of nitrogens with zero attached hydrogens (tertiary/aromatic N) is 1. The lowest BCUT2D eigenvalue weighted by Gasteiger charge is -2.13. The molecule has 0 spiro atoms. The van der Waals surface area contributed by atoms with Gasteiger partial charge in [0.1, 0.15) is 0 Å². The van der Waals surface area contributed by atoms with E-state index in [0.717, 1.165) is 11.5 Å². The Bertz CT molecular complexity index is 337. The highest BCUT2D eigenvalue weighted by atomic mass is 14.2. The summed E-state index contributed by atoms with van der Waals surface area (Å²) in [5.41, 5.74) is 2.20. The molecular formula is C16H23N. The summed E-state index contributed by atoms with van der Waals surface area (Å²) in [7, 11) is 0. The van der Waals surface area contributed by atoms with E-state index in [-0.39, 0.29) is 0 Å². The van der Waals surface area contributed by atoms with Gasteiger partial charge in [-0.05, 0) is 36.5 Å². The molecule has 1 aliphatic rings. The third-order valence-corrected chi connectivity index (χ3v) is 3.37. The van der Waals surface area contributed by atoms with Gasteiger partial charge in [0, 0.05) is 0 Å². The highest BCUT2D eigenvalue weighted by Gasteiger charge is 2.13. The monoisotopic (exact) mass is 229 g/mol. The number of hydrogen-bond acceptors (Lipinski definition) is 1. The normalized spacial score (nSPS) is 16.3. The van der Waals surface area contributed by atoms with Crippen molar-refractivity contribution in [2.75, 3.05) is 0 Å². The Balaban J connectivity index is 0.000000686. The average Bonchev–Trinajstić information content (AvgIpc) is 2.70. The van der Waals surface area contributed by atoms with Crippen LogP contribution >= 0.6 is 0 Å². The van der Waals surface area contributed by atoms with E-state index in [9.17, 15) is 0 Å².